The van der Waals surface area contributed by atoms with Gasteiger partial charge in [-0.15, -0.1) is 0 Å². The molecule has 2 aliphatic heterocycles. The molecule has 6 nitrogen and oxygen atoms in total. The number of fused-ring (bicyclic) bond motifs is 1. The Kier molecular flexibility index (Phi) is 4.86. The summed E-state index contributed by atoms with van der Waals surface area (Å²) >= 11 is 0. The highest BCUT2D eigenvalue weighted by atomic mass is 16.2. The second kappa shape index (κ2) is 7.35. The van der Waals surface area contributed by atoms with E-state index in [1.807, 2.05) is 50.2 Å². The second-order valence-electron chi connectivity index (χ2n) is 7.95. The molecule has 150 valence electrons. The van der Waals surface area contributed by atoms with Crippen LogP contribution in [0.15, 0.2) is 36.4 Å². The van der Waals surface area contributed by atoms with Crippen LogP contribution in [-0.2, 0) is 20.8 Å². The Labute approximate surface area is 170 Å². The first kappa shape index (κ1) is 19.2. The maximum Gasteiger partial charge on any atom is 0.229 e. The minimum Gasteiger partial charge on any atom is -0.326 e. The second-order valence-corrected chi connectivity index (χ2v) is 7.95. The van der Waals surface area contributed by atoms with E-state index >= 15 is 0 Å². The van der Waals surface area contributed by atoms with E-state index in [2.05, 4.69) is 5.32 Å². The zero-order valence-electron chi connectivity index (χ0n) is 17.0. The lowest BCUT2D eigenvalue weighted by Crippen LogP contribution is -2.28. The van der Waals surface area contributed by atoms with Gasteiger partial charge in [-0.25, -0.2) is 0 Å². The Hall–Kier alpha value is -3.15. The van der Waals surface area contributed by atoms with E-state index in [4.69, 9.17) is 0 Å². The van der Waals surface area contributed by atoms with Gasteiger partial charge in [-0.1, -0.05) is 12.1 Å². The minimum absolute atomic E-state index is 0.0249. The van der Waals surface area contributed by atoms with Crippen molar-refractivity contribution in [1.82, 2.24) is 0 Å². The molecule has 0 aromatic heterocycles. The third-order valence-electron chi connectivity index (χ3n) is 5.80. The molecule has 2 aromatic rings. The summed E-state index contributed by atoms with van der Waals surface area (Å²) in [6.07, 6.45) is 0.981. The number of hydrogen-bond acceptors (Lipinski definition) is 3. The molecule has 1 atom stereocenters. The fourth-order valence-electron chi connectivity index (χ4n) is 4.12. The van der Waals surface area contributed by atoms with E-state index < -0.39 is 0 Å². The summed E-state index contributed by atoms with van der Waals surface area (Å²) in [5.41, 5.74) is 5.64. The van der Waals surface area contributed by atoms with Crippen molar-refractivity contribution in [1.29, 1.82) is 0 Å². The van der Waals surface area contributed by atoms with Gasteiger partial charge in [0.2, 0.25) is 17.7 Å². The first-order valence-corrected chi connectivity index (χ1v) is 9.93. The van der Waals surface area contributed by atoms with Crippen LogP contribution < -0.4 is 15.1 Å². The predicted octanol–water partition coefficient (Wildman–Crippen LogP) is 3.20. The van der Waals surface area contributed by atoms with Crippen molar-refractivity contribution >= 4 is 34.8 Å². The van der Waals surface area contributed by atoms with Gasteiger partial charge in [0.05, 0.1) is 5.92 Å². The summed E-state index contributed by atoms with van der Waals surface area (Å²) in [6, 6.07) is 11.7. The normalized spacial score (nSPS) is 18.2. The fraction of sp³-hybridized carbons (Fsp3) is 0.348. The van der Waals surface area contributed by atoms with Crippen LogP contribution >= 0.6 is 0 Å². The quantitative estimate of drug-likeness (QED) is 0.874. The number of nitrogens with zero attached hydrogens (tertiary/aromatic N) is 2. The molecule has 0 aliphatic carbocycles. The highest BCUT2D eigenvalue weighted by Gasteiger charge is 2.36. The largest absolute Gasteiger partial charge is 0.326 e. The molecule has 6 heteroatoms. The molecule has 1 saturated heterocycles. The molecular weight excluding hydrogens is 366 g/mol. The lowest BCUT2D eigenvalue weighted by Gasteiger charge is -2.19. The molecule has 0 spiro atoms. The fourth-order valence-corrected chi connectivity index (χ4v) is 4.12. The van der Waals surface area contributed by atoms with E-state index in [-0.39, 0.29) is 30.1 Å². The number of carbonyl (C=O) groups is 3. The van der Waals surface area contributed by atoms with E-state index in [1.165, 1.54) is 0 Å². The topological polar surface area (TPSA) is 69.7 Å². The summed E-state index contributed by atoms with van der Waals surface area (Å²) < 4.78 is 0. The summed E-state index contributed by atoms with van der Waals surface area (Å²) in [4.78, 5) is 40.6. The average molecular weight is 391 g/mol. The van der Waals surface area contributed by atoms with Gasteiger partial charge in [0, 0.05) is 43.5 Å². The first-order valence-electron chi connectivity index (χ1n) is 9.93. The van der Waals surface area contributed by atoms with Crippen LogP contribution in [0.5, 0.6) is 0 Å². The smallest absolute Gasteiger partial charge is 0.229 e. The van der Waals surface area contributed by atoms with Gasteiger partial charge in [-0.3, -0.25) is 14.4 Å². The number of benzene rings is 2. The molecule has 0 radical (unpaired) electrons. The maximum atomic E-state index is 12.8. The van der Waals surface area contributed by atoms with Crippen LogP contribution in [-0.4, -0.2) is 30.8 Å². The molecule has 2 aromatic carbocycles. The van der Waals surface area contributed by atoms with E-state index in [9.17, 15) is 14.4 Å². The molecule has 0 bridgehead atoms. The van der Waals surface area contributed by atoms with Crippen molar-refractivity contribution in [3.8, 4) is 0 Å². The number of rotatable bonds is 3. The van der Waals surface area contributed by atoms with E-state index in [1.54, 1.807) is 16.7 Å². The number of hydrogen-bond donors (Lipinski definition) is 1. The van der Waals surface area contributed by atoms with E-state index in [0.29, 0.717) is 13.1 Å². The summed E-state index contributed by atoms with van der Waals surface area (Å²) in [5, 5.41) is 2.98. The molecule has 2 heterocycles. The molecule has 1 N–H and O–H groups in total. The number of amides is 3. The summed E-state index contributed by atoms with van der Waals surface area (Å²) in [6.45, 7) is 6.53. The Morgan fingerprint density at radius 1 is 1.10 bits per heavy atom. The third-order valence-corrected chi connectivity index (χ3v) is 5.80. The Bertz CT molecular complexity index is 1010. The molecule has 1 fully saturated rings. The van der Waals surface area contributed by atoms with Crippen LogP contribution in [0.25, 0.3) is 0 Å². The van der Waals surface area contributed by atoms with Crippen molar-refractivity contribution in [2.45, 2.75) is 33.6 Å². The van der Waals surface area contributed by atoms with Gasteiger partial charge in [-0.05, 0) is 61.2 Å². The minimum atomic E-state index is -0.385. The number of anilines is 3. The van der Waals surface area contributed by atoms with Gasteiger partial charge in [-0.2, -0.15) is 0 Å². The number of nitrogens with one attached hydrogen (secondary N) is 1. The third kappa shape index (κ3) is 3.62. The SMILES string of the molecule is CC(=O)N1CCc2cc(N3C[C@@H](C(=O)Nc4cc(C)ccc4C)CC3=O)ccc21. The highest BCUT2D eigenvalue weighted by molar-refractivity contribution is 6.04. The molecule has 4 rings (SSSR count). The number of carbonyl (C=O) groups excluding carboxylic acids is 3. The zero-order valence-corrected chi connectivity index (χ0v) is 17.0. The van der Waals surface area contributed by atoms with Gasteiger partial charge >= 0.3 is 0 Å². The Balaban J connectivity index is 1.49. The Morgan fingerprint density at radius 2 is 1.90 bits per heavy atom. The molecule has 29 heavy (non-hydrogen) atoms. The van der Waals surface area contributed by atoms with Crippen LogP contribution in [0.4, 0.5) is 17.1 Å². The molecule has 0 saturated carbocycles. The van der Waals surface area contributed by atoms with Gasteiger partial charge < -0.3 is 15.1 Å². The van der Waals surface area contributed by atoms with Crippen molar-refractivity contribution in [2.75, 3.05) is 28.2 Å². The highest BCUT2D eigenvalue weighted by Crippen LogP contribution is 2.34. The molecule has 2 aliphatic rings. The zero-order chi connectivity index (χ0) is 20.7. The lowest BCUT2D eigenvalue weighted by atomic mass is 10.1. The lowest BCUT2D eigenvalue weighted by molar-refractivity contribution is -0.122. The van der Waals surface area contributed by atoms with Crippen molar-refractivity contribution in [3.63, 3.8) is 0 Å². The molecular formula is C23H25N3O3. The van der Waals surface area contributed by atoms with Gasteiger partial charge in [0.25, 0.3) is 0 Å². The number of aryl methyl sites for hydroxylation is 2. The monoisotopic (exact) mass is 391 g/mol. The van der Waals surface area contributed by atoms with Crippen molar-refractivity contribution in [2.24, 2.45) is 5.92 Å². The molecule has 0 unspecified atom stereocenters. The summed E-state index contributed by atoms with van der Waals surface area (Å²) in [5.74, 6) is -0.535. The van der Waals surface area contributed by atoms with Gasteiger partial charge in [0.1, 0.15) is 0 Å². The van der Waals surface area contributed by atoms with E-state index in [0.717, 1.165) is 40.2 Å². The Morgan fingerprint density at radius 3 is 2.66 bits per heavy atom. The van der Waals surface area contributed by atoms with Crippen LogP contribution in [0.2, 0.25) is 0 Å². The van der Waals surface area contributed by atoms with Crippen molar-refractivity contribution < 1.29 is 14.4 Å². The van der Waals surface area contributed by atoms with Crippen LogP contribution in [0.1, 0.15) is 30.0 Å². The standard InChI is InChI=1S/C23H25N3O3/c1-14-4-5-15(2)20(10-14)24-23(29)18-12-22(28)26(13-18)19-6-7-21-17(11-19)8-9-25(21)16(3)27/h4-7,10-11,18H,8-9,12-13H2,1-3H3,(H,24,29)/t18-/m0/s1. The van der Waals surface area contributed by atoms with Crippen molar-refractivity contribution in [3.05, 3.63) is 53.1 Å². The van der Waals surface area contributed by atoms with Gasteiger partial charge in [0.15, 0.2) is 0 Å². The first-order chi connectivity index (χ1) is 13.8. The average Bonchev–Trinajstić information content (AvgIpc) is 3.27. The predicted molar refractivity (Wildman–Crippen MR) is 113 cm³/mol. The summed E-state index contributed by atoms with van der Waals surface area (Å²) in [7, 11) is 0. The van der Waals surface area contributed by atoms with Crippen LogP contribution in [0.3, 0.4) is 0 Å². The van der Waals surface area contributed by atoms with Crippen LogP contribution in [0, 0.1) is 19.8 Å². The maximum absolute atomic E-state index is 12.8. The molecule has 3 amide bonds.